The van der Waals surface area contributed by atoms with Gasteiger partial charge >= 0.3 is 5.69 Å². The van der Waals surface area contributed by atoms with Crippen molar-refractivity contribution in [2.75, 3.05) is 19.9 Å². The largest absolute Gasteiger partial charge is 0.368 e. The number of nitrogens with one attached hydrogen (secondary N) is 1. The molecule has 1 N–H and O–H groups in total. The minimum Gasteiger partial charge on any atom is -0.368 e. The maximum absolute atomic E-state index is 12.5. The van der Waals surface area contributed by atoms with Crippen molar-refractivity contribution < 1.29 is 19.9 Å². The minimum atomic E-state index is -1.34. The second kappa shape index (κ2) is 8.07. The maximum atomic E-state index is 12.5. The highest BCUT2D eigenvalue weighted by molar-refractivity contribution is 7.46. The van der Waals surface area contributed by atoms with Crippen molar-refractivity contribution in [2.45, 2.75) is 37.4 Å². The van der Waals surface area contributed by atoms with Crippen molar-refractivity contribution in [3.8, 4) is 16.6 Å². The summed E-state index contributed by atoms with van der Waals surface area (Å²) in [5, 5.41) is 10.8. The zero-order chi connectivity index (χ0) is 21.3. The fourth-order valence-corrected chi connectivity index (χ4v) is 5.00. The highest BCUT2D eigenvalue weighted by Crippen LogP contribution is 2.51. The third kappa shape index (κ3) is 3.80. The second-order valence-electron chi connectivity index (χ2n) is 6.60. The molecule has 4 rings (SSSR count). The number of nitriles is 1. The first-order chi connectivity index (χ1) is 14.5. The fraction of sp³-hybridized carbons (Fsp3) is 0.529. The number of aromatic nitrogens is 3. The average molecular weight is 439 g/mol. The number of fused-ring (bicyclic) bond motifs is 2. The zero-order valence-electron chi connectivity index (χ0n) is 16.4. The Morgan fingerprint density at radius 1 is 1.62 bits per heavy atom. The van der Waals surface area contributed by atoms with Gasteiger partial charge in [0, 0.05) is 25.8 Å². The van der Waals surface area contributed by atoms with Crippen LogP contribution in [0.25, 0.3) is 10.6 Å². The summed E-state index contributed by atoms with van der Waals surface area (Å²) >= 11 is 1.27. The number of H-pyrrole nitrogens is 1. The standard InChI is InChI=1S/C17H19N4O6PS/c1-17-9-24-11(12(17)27-28(2)25-6-3-4-18)15(26-17)21-8-10(13(22)20-16(21)23)14-19-5-7-29-14/h5,7-8,11-12,15H,3,6,9H2,1-2H3,(H,20,22,23)/t11-,12+,15-,17+,28?/m1/s1/i1D. The van der Waals surface area contributed by atoms with Crippen LogP contribution >= 0.6 is 19.7 Å². The van der Waals surface area contributed by atoms with Crippen molar-refractivity contribution in [3.63, 3.8) is 0 Å². The topological polar surface area (TPSA) is 128 Å². The Morgan fingerprint density at radius 2 is 2.48 bits per heavy atom. The summed E-state index contributed by atoms with van der Waals surface area (Å²) in [5.41, 5.74) is -2.00. The van der Waals surface area contributed by atoms with Gasteiger partial charge in [-0.1, -0.05) is 0 Å². The van der Waals surface area contributed by atoms with E-state index in [1.54, 1.807) is 18.2 Å². The normalized spacial score (nSPS) is 29.5. The van der Waals surface area contributed by atoms with E-state index in [0.29, 0.717) is 5.01 Å². The molecule has 2 aromatic heterocycles. The molecule has 12 heteroatoms. The van der Waals surface area contributed by atoms with Crippen LogP contribution in [0, 0.1) is 11.3 Å². The Bertz CT molecular complexity index is 1060. The number of aromatic amines is 1. The van der Waals surface area contributed by atoms with Crippen LogP contribution in [0.4, 0.5) is 0 Å². The third-order valence-corrected chi connectivity index (χ3v) is 6.50. The monoisotopic (exact) mass is 439 g/mol. The fourth-order valence-electron chi connectivity index (χ4n) is 3.31. The molecule has 0 aliphatic carbocycles. The molecule has 2 aromatic rings. The molecule has 5 atom stereocenters. The Morgan fingerprint density at radius 3 is 3.21 bits per heavy atom. The third-order valence-electron chi connectivity index (χ3n) is 4.63. The van der Waals surface area contributed by atoms with Crippen LogP contribution in [0.5, 0.6) is 0 Å². The number of rotatable bonds is 7. The van der Waals surface area contributed by atoms with Crippen LogP contribution in [-0.2, 0) is 18.5 Å². The van der Waals surface area contributed by atoms with E-state index in [0.717, 1.165) is 0 Å². The van der Waals surface area contributed by atoms with Gasteiger partial charge in [-0.3, -0.25) is 14.3 Å². The molecule has 2 aliphatic rings. The van der Waals surface area contributed by atoms with Crippen molar-refractivity contribution in [1.29, 1.82) is 5.26 Å². The van der Waals surface area contributed by atoms with E-state index in [9.17, 15) is 9.59 Å². The molecule has 2 bridgehead atoms. The van der Waals surface area contributed by atoms with Gasteiger partial charge in [-0.2, -0.15) is 5.26 Å². The van der Waals surface area contributed by atoms with Gasteiger partial charge in [0.15, 0.2) is 14.6 Å². The molecule has 29 heavy (non-hydrogen) atoms. The van der Waals surface area contributed by atoms with Crippen LogP contribution in [0.2, 0.25) is 0 Å². The van der Waals surface area contributed by atoms with Crippen molar-refractivity contribution in [2.24, 2.45) is 0 Å². The van der Waals surface area contributed by atoms with Crippen LogP contribution in [0.1, 0.15) is 20.9 Å². The van der Waals surface area contributed by atoms with Gasteiger partial charge in [-0.05, 0) is 6.90 Å². The van der Waals surface area contributed by atoms with Crippen LogP contribution in [-0.4, -0.2) is 52.2 Å². The Labute approximate surface area is 172 Å². The highest BCUT2D eigenvalue weighted by Gasteiger charge is 2.61. The van der Waals surface area contributed by atoms with E-state index < -0.39 is 43.7 Å². The summed E-state index contributed by atoms with van der Waals surface area (Å²) in [7, 11) is -1.34. The Hall–Kier alpha value is -1.93. The van der Waals surface area contributed by atoms with E-state index in [4.69, 9.17) is 25.2 Å². The van der Waals surface area contributed by atoms with E-state index in [-0.39, 0.29) is 32.1 Å². The van der Waals surface area contributed by atoms with E-state index in [1.807, 2.05) is 6.07 Å². The lowest BCUT2D eigenvalue weighted by Gasteiger charge is -2.28. The Balaban J connectivity index is 1.62. The first-order valence-electron chi connectivity index (χ1n) is 9.44. The highest BCUT2D eigenvalue weighted by atomic mass is 32.1. The predicted octanol–water partition coefficient (Wildman–Crippen LogP) is 1.60. The maximum Gasteiger partial charge on any atom is 0.330 e. The van der Waals surface area contributed by atoms with E-state index in [1.165, 1.54) is 22.1 Å². The lowest BCUT2D eigenvalue weighted by Crippen LogP contribution is -2.40. The SMILES string of the molecule is [2H]C[C@@]12CO[C@@H]([C@H](n3cc(-c4nccs4)c(=O)[nH]c3=O)O1)[C@@H]2OP(C)OCCC#N. The van der Waals surface area contributed by atoms with Crippen LogP contribution in [0.3, 0.4) is 0 Å². The van der Waals surface area contributed by atoms with Crippen LogP contribution in [0.15, 0.2) is 27.4 Å². The van der Waals surface area contributed by atoms with Gasteiger partial charge in [0.1, 0.15) is 22.8 Å². The lowest BCUT2D eigenvalue weighted by molar-refractivity contribution is -0.167. The number of thiazole rings is 1. The predicted molar refractivity (Wildman–Crippen MR) is 105 cm³/mol. The van der Waals surface area contributed by atoms with Gasteiger partial charge in [0.05, 0.1) is 31.3 Å². The molecule has 2 fully saturated rings. The van der Waals surface area contributed by atoms with E-state index in [2.05, 4.69) is 9.97 Å². The number of hydrogen-bond acceptors (Lipinski definition) is 9. The summed E-state index contributed by atoms with van der Waals surface area (Å²) in [6, 6.07) is 2.00. The minimum absolute atomic E-state index is 0.135. The number of ether oxygens (including phenoxy) is 2. The molecule has 0 spiro atoms. The van der Waals surface area contributed by atoms with Gasteiger partial charge < -0.3 is 18.5 Å². The molecule has 154 valence electrons. The van der Waals surface area contributed by atoms with Crippen molar-refractivity contribution in [1.82, 2.24) is 14.5 Å². The molecule has 1 unspecified atom stereocenters. The molecule has 2 saturated heterocycles. The smallest absolute Gasteiger partial charge is 0.330 e. The molecule has 0 radical (unpaired) electrons. The van der Waals surface area contributed by atoms with E-state index >= 15 is 0 Å². The summed E-state index contributed by atoms with van der Waals surface area (Å²) in [5.74, 6) is 0. The first-order valence-corrected chi connectivity index (χ1v) is 11.2. The van der Waals surface area contributed by atoms with Gasteiger partial charge in [-0.25, -0.2) is 9.78 Å². The molecule has 0 aromatic carbocycles. The zero-order valence-corrected chi connectivity index (χ0v) is 17.2. The number of nitrogens with zero attached hydrogens (tertiary/aromatic N) is 3. The second-order valence-corrected chi connectivity index (χ2v) is 8.85. The van der Waals surface area contributed by atoms with Gasteiger partial charge in [0.25, 0.3) is 5.56 Å². The molecule has 0 amide bonds. The van der Waals surface area contributed by atoms with Gasteiger partial charge in [0.2, 0.25) is 0 Å². The Kier molecular flexibility index (Phi) is 5.30. The molecular weight excluding hydrogens is 419 g/mol. The molecule has 10 nitrogen and oxygen atoms in total. The molecular formula is C17H19N4O6PS. The quantitative estimate of drug-likeness (QED) is 0.509. The number of hydrogen-bond donors (Lipinski definition) is 1. The average Bonchev–Trinajstić information content (AvgIpc) is 3.44. The first kappa shape index (κ1) is 19.1. The molecule has 0 saturated carbocycles. The molecule has 2 aliphatic heterocycles. The van der Waals surface area contributed by atoms with Crippen LogP contribution < -0.4 is 11.2 Å². The van der Waals surface area contributed by atoms with Crippen molar-refractivity contribution >= 4 is 19.7 Å². The summed E-state index contributed by atoms with van der Waals surface area (Å²) in [6.07, 6.45) is 1.06. The molecule has 4 heterocycles. The summed E-state index contributed by atoms with van der Waals surface area (Å²) in [4.78, 5) is 31.2. The van der Waals surface area contributed by atoms with Crippen molar-refractivity contribution in [3.05, 3.63) is 38.6 Å². The van der Waals surface area contributed by atoms with Gasteiger partial charge in [-0.15, -0.1) is 11.3 Å². The summed E-state index contributed by atoms with van der Waals surface area (Å²) < 4.78 is 32.7. The summed E-state index contributed by atoms with van der Waals surface area (Å²) in [6.45, 7) is 2.01. The lowest BCUT2D eigenvalue weighted by atomic mass is 10.0.